The molecule has 0 radical (unpaired) electrons. The molecule has 3 fully saturated rings. The van der Waals surface area contributed by atoms with Crippen LogP contribution in [0.4, 0.5) is 0 Å². The summed E-state index contributed by atoms with van der Waals surface area (Å²) < 4.78 is 90.7. The maximum Gasteiger partial charge on any atom is 0.385 e. The van der Waals surface area contributed by atoms with Crippen LogP contribution in [0.1, 0.15) is 54.6 Å². The van der Waals surface area contributed by atoms with E-state index >= 15 is 0 Å². The minimum absolute atomic E-state index is 0.132. The van der Waals surface area contributed by atoms with Gasteiger partial charge in [0.05, 0.1) is 51.3 Å². The second-order valence-corrected chi connectivity index (χ2v) is 27.6. The molecule has 71 heavy (non-hydrogen) atoms. The molecule has 398 valence electrons. The van der Waals surface area contributed by atoms with Gasteiger partial charge < -0.3 is 64.9 Å². The standard InChI is InChI=1S/C35H52N6O22P4S4/c1-18-12-39(33(45)36-30(18)42)27-9-21(51-4)24(59-27)17-58-67(71,63-23-11-29(41-14-20(3)32(44)38-35(41)47)61-26(23)16-57-65(49,69)53-6)55-8-7-54-66(50,70)62-22-10-28(40-13-19(2)31(43)37-34(40)46)60-25(22)15-56-64(48,68)52-5/h12-14,21-29H,7-11,15-17H2,1-6H3,(H,48,68)(H,49,69)(H,50,70)(H,36,42,45)(H,37,43,46)(H,38,44,47)/t21?,22?,23?,24-,25-,26-,27-,28-,29-,64?,65?,66?,67?/m1/s1. The maximum absolute atomic E-state index is 13.0. The molecule has 28 nitrogen and oxygen atoms in total. The molecule has 3 saturated heterocycles. The Balaban J connectivity index is 1.21. The third-order valence-electron chi connectivity index (χ3n) is 11.0. The van der Waals surface area contributed by atoms with Crippen molar-refractivity contribution in [1.29, 1.82) is 0 Å². The van der Waals surface area contributed by atoms with Crippen LogP contribution in [0.2, 0.25) is 0 Å². The molecule has 3 aromatic heterocycles. The van der Waals surface area contributed by atoms with Gasteiger partial charge in [-0.15, -0.1) is 0 Å². The highest BCUT2D eigenvalue weighted by Crippen LogP contribution is 2.56. The van der Waals surface area contributed by atoms with Crippen LogP contribution in [0.5, 0.6) is 0 Å². The van der Waals surface area contributed by atoms with E-state index in [0.717, 1.165) is 23.4 Å². The van der Waals surface area contributed by atoms with E-state index in [4.69, 9.17) is 95.1 Å². The number of ether oxygens (including phenoxy) is 4. The van der Waals surface area contributed by atoms with Crippen molar-refractivity contribution < 1.29 is 74.0 Å². The second kappa shape index (κ2) is 24.3. The number of thiol groups is 1. The summed E-state index contributed by atoms with van der Waals surface area (Å²) >= 11 is 20.1. The van der Waals surface area contributed by atoms with Crippen molar-refractivity contribution in [2.75, 3.05) is 54.4 Å². The lowest BCUT2D eigenvalue weighted by Gasteiger charge is -2.29. The van der Waals surface area contributed by atoms with Gasteiger partial charge in [-0.2, -0.15) is 0 Å². The van der Waals surface area contributed by atoms with Crippen molar-refractivity contribution >= 4 is 74.6 Å². The number of nitrogens with one attached hydrogen (secondary N) is 3. The van der Waals surface area contributed by atoms with E-state index in [-0.39, 0.29) is 42.6 Å². The normalized spacial score (nSPS) is 28.0. The highest BCUT2D eigenvalue weighted by molar-refractivity contribution is 8.44. The van der Waals surface area contributed by atoms with Crippen LogP contribution < -0.4 is 33.7 Å². The lowest BCUT2D eigenvalue weighted by Crippen LogP contribution is -2.33. The van der Waals surface area contributed by atoms with Gasteiger partial charge in [-0.3, -0.25) is 47.6 Å². The summed E-state index contributed by atoms with van der Waals surface area (Å²) in [5.74, 6) is 0. The first-order valence-corrected chi connectivity index (χ1v) is 31.4. The topological polar surface area (TPSA) is 342 Å². The highest BCUT2D eigenvalue weighted by Gasteiger charge is 2.45. The van der Waals surface area contributed by atoms with Crippen LogP contribution in [0.25, 0.3) is 0 Å². The van der Waals surface area contributed by atoms with Crippen LogP contribution in [-0.2, 0) is 99.6 Å². The molecule has 3 aliphatic rings. The summed E-state index contributed by atoms with van der Waals surface area (Å²) in [4.78, 5) is 103. The number of nitrogens with zero attached hydrogens (tertiary/aromatic N) is 3. The SMILES string of the molecule is COC1C[C@H](n2cc(C)c(=O)[nH]c2=O)O[C@@H]1COP(=S)(OCCOP(O)(=S)OC1C[C@H](n2cc(C)c(=O)[nH]c2=O)O[C@@H]1COP(O)(=S)OC)OC1C[C@H](n2cc(C)c(=O)[nH]c2=O)O[C@@H]1COP(=O)(S)OC. The Morgan fingerprint density at radius 3 is 1.42 bits per heavy atom. The molecule has 3 aromatic rings. The smallest absolute Gasteiger partial charge is 0.378 e. The van der Waals surface area contributed by atoms with E-state index in [1.807, 2.05) is 0 Å². The fraction of sp³-hybridized carbons (Fsp3) is 0.657. The molecule has 36 heteroatoms. The number of aromatic nitrogens is 6. The minimum Gasteiger partial charge on any atom is -0.378 e. The first-order valence-electron chi connectivity index (χ1n) is 21.0. The molecular formula is C35H52N6O22P4S4. The summed E-state index contributed by atoms with van der Waals surface area (Å²) in [6.45, 7) is -13.9. The zero-order valence-corrected chi connectivity index (χ0v) is 45.4. The van der Waals surface area contributed by atoms with Crippen LogP contribution in [-0.4, -0.2) is 129 Å². The van der Waals surface area contributed by atoms with Gasteiger partial charge in [-0.25, -0.2) is 18.9 Å². The van der Waals surface area contributed by atoms with Crippen LogP contribution in [0.15, 0.2) is 47.4 Å². The van der Waals surface area contributed by atoms with Gasteiger partial charge >= 0.3 is 44.0 Å². The zero-order valence-electron chi connectivity index (χ0n) is 38.4. The molecule has 13 atom stereocenters. The number of aryl methyl sites for hydroxylation is 3. The highest BCUT2D eigenvalue weighted by atomic mass is 32.7. The Labute approximate surface area is 422 Å². The number of H-pyrrole nitrogens is 3. The van der Waals surface area contributed by atoms with Gasteiger partial charge in [0.1, 0.15) is 37.0 Å². The average Bonchev–Trinajstić information content (AvgIpc) is 4.03. The predicted octanol–water partition coefficient (Wildman–Crippen LogP) is 1.28. The molecule has 0 saturated carbocycles. The molecule has 0 aliphatic carbocycles. The molecule has 6 heterocycles. The van der Waals surface area contributed by atoms with Gasteiger partial charge in [-0.1, -0.05) is 12.2 Å². The van der Waals surface area contributed by atoms with Crippen LogP contribution >= 0.6 is 39.2 Å². The summed E-state index contributed by atoms with van der Waals surface area (Å²) in [7, 11) is 3.65. The van der Waals surface area contributed by atoms with Crippen molar-refractivity contribution in [2.24, 2.45) is 0 Å². The minimum atomic E-state index is -4.26. The molecule has 0 bridgehead atoms. The summed E-state index contributed by atoms with van der Waals surface area (Å²) in [5, 5.41) is 0. The van der Waals surface area contributed by atoms with Crippen LogP contribution in [0.3, 0.4) is 0 Å². The van der Waals surface area contributed by atoms with Gasteiger partial charge in [0.25, 0.3) is 16.7 Å². The van der Waals surface area contributed by atoms with Crippen molar-refractivity contribution in [3.63, 3.8) is 0 Å². The Bertz CT molecular complexity index is 2970. The largest absolute Gasteiger partial charge is 0.385 e. The first-order chi connectivity index (χ1) is 33.2. The molecule has 0 amide bonds. The third kappa shape index (κ3) is 15.3. The van der Waals surface area contributed by atoms with Crippen molar-refractivity contribution in [3.05, 3.63) is 97.8 Å². The number of hydrogen-bond donors (Lipinski definition) is 6. The molecule has 0 aromatic carbocycles. The Hall–Kier alpha value is -2.03. The lowest BCUT2D eigenvalue weighted by molar-refractivity contribution is -0.0585. The fourth-order valence-corrected chi connectivity index (χ4v) is 12.2. The van der Waals surface area contributed by atoms with Gasteiger partial charge in [-0.05, 0) is 56.2 Å². The van der Waals surface area contributed by atoms with E-state index in [9.17, 15) is 43.1 Å². The second-order valence-electron chi connectivity index (χ2n) is 15.9. The average molecular weight is 1160 g/mol. The number of methoxy groups -OCH3 is 1. The van der Waals surface area contributed by atoms with E-state index in [1.54, 1.807) is 0 Å². The number of rotatable bonds is 24. The van der Waals surface area contributed by atoms with E-state index in [2.05, 4.69) is 27.2 Å². The Kier molecular flexibility index (Phi) is 19.9. The number of hydrogen-bond acceptors (Lipinski definition) is 23. The van der Waals surface area contributed by atoms with Gasteiger partial charge in [0, 0.05) is 75.9 Å². The monoisotopic (exact) mass is 1160 g/mol. The first kappa shape index (κ1) is 58.2. The van der Waals surface area contributed by atoms with Crippen molar-refractivity contribution in [1.82, 2.24) is 28.7 Å². The summed E-state index contributed by atoms with van der Waals surface area (Å²) in [6.07, 6.45) is -5.62. The molecule has 0 spiro atoms. The molecular weight excluding hydrogens is 1110 g/mol. The van der Waals surface area contributed by atoms with E-state index in [0.29, 0.717) is 0 Å². The molecule has 3 aliphatic heterocycles. The summed E-state index contributed by atoms with van der Waals surface area (Å²) in [6, 6.07) is 0. The molecule has 7 unspecified atom stereocenters. The molecule has 5 N–H and O–H groups in total. The Morgan fingerprint density at radius 2 is 0.986 bits per heavy atom. The quantitative estimate of drug-likeness (QED) is 0.0418. The number of aromatic amines is 3. The summed E-state index contributed by atoms with van der Waals surface area (Å²) in [5.41, 5.74) is -3.56. The maximum atomic E-state index is 13.0. The van der Waals surface area contributed by atoms with E-state index in [1.165, 1.54) is 51.0 Å². The zero-order chi connectivity index (χ0) is 52.2. The van der Waals surface area contributed by atoms with Crippen LogP contribution in [0, 0.1) is 20.8 Å². The van der Waals surface area contributed by atoms with E-state index < -0.39 is 142 Å². The molecule has 6 rings (SSSR count). The fourth-order valence-electron chi connectivity index (χ4n) is 7.31. The lowest BCUT2D eigenvalue weighted by atomic mass is 10.2. The van der Waals surface area contributed by atoms with Gasteiger partial charge in [0.2, 0.25) is 0 Å². The predicted molar refractivity (Wildman–Crippen MR) is 262 cm³/mol. The third-order valence-corrected chi connectivity index (χ3v) is 18.5. The van der Waals surface area contributed by atoms with Crippen molar-refractivity contribution in [2.45, 2.75) is 95.3 Å². The Morgan fingerprint density at radius 1 is 0.592 bits per heavy atom. The van der Waals surface area contributed by atoms with Gasteiger partial charge in [0.15, 0.2) is 0 Å². The van der Waals surface area contributed by atoms with Crippen molar-refractivity contribution in [3.8, 4) is 0 Å².